The lowest BCUT2D eigenvalue weighted by molar-refractivity contribution is -0.121. The van der Waals surface area contributed by atoms with Crippen molar-refractivity contribution in [3.63, 3.8) is 0 Å². The summed E-state index contributed by atoms with van der Waals surface area (Å²) in [5.41, 5.74) is 2.26. The van der Waals surface area contributed by atoms with E-state index < -0.39 is 5.97 Å². The maximum absolute atomic E-state index is 12.3. The van der Waals surface area contributed by atoms with Crippen LogP contribution in [-0.4, -0.2) is 29.9 Å². The predicted molar refractivity (Wildman–Crippen MR) is 96.5 cm³/mol. The highest BCUT2D eigenvalue weighted by molar-refractivity contribution is 6.00. The molecule has 0 aromatic heterocycles. The molecule has 0 heterocycles. The first-order chi connectivity index (χ1) is 12.4. The number of hydrogen-bond donors (Lipinski definition) is 2. The molecule has 6 nitrogen and oxygen atoms in total. The summed E-state index contributed by atoms with van der Waals surface area (Å²) in [6.07, 6.45) is 0.120. The number of nitrogens with one attached hydrogen (secondary N) is 1. The number of ketones is 1. The number of carboxylic acid groups (broad SMARTS) is 1. The minimum Gasteiger partial charge on any atom is -0.496 e. The van der Waals surface area contributed by atoms with Crippen molar-refractivity contribution in [2.75, 3.05) is 7.11 Å². The normalized spacial score (nSPS) is 10.2. The van der Waals surface area contributed by atoms with Crippen LogP contribution < -0.4 is 10.1 Å². The molecule has 0 fully saturated rings. The van der Waals surface area contributed by atoms with Crippen molar-refractivity contribution in [2.24, 2.45) is 0 Å². The van der Waals surface area contributed by atoms with Crippen molar-refractivity contribution >= 4 is 17.7 Å². The van der Waals surface area contributed by atoms with Gasteiger partial charge in [0.05, 0.1) is 18.2 Å². The van der Waals surface area contributed by atoms with Crippen LogP contribution in [0.1, 0.15) is 44.7 Å². The molecule has 0 saturated carbocycles. The number of carbonyl (C=O) groups excluding carboxylic acids is 2. The van der Waals surface area contributed by atoms with Crippen LogP contribution >= 0.6 is 0 Å². The molecule has 0 aliphatic heterocycles. The number of hydrogen-bond acceptors (Lipinski definition) is 4. The molecule has 0 radical (unpaired) electrons. The summed E-state index contributed by atoms with van der Waals surface area (Å²) in [5.74, 6) is -0.957. The van der Waals surface area contributed by atoms with Gasteiger partial charge in [-0.2, -0.15) is 0 Å². The second kappa shape index (κ2) is 8.80. The zero-order valence-corrected chi connectivity index (χ0v) is 14.7. The molecule has 0 unspecified atom stereocenters. The van der Waals surface area contributed by atoms with Crippen molar-refractivity contribution in [2.45, 2.75) is 26.3 Å². The maximum Gasteiger partial charge on any atom is 0.335 e. The van der Waals surface area contributed by atoms with Crippen LogP contribution in [0.3, 0.4) is 0 Å². The van der Waals surface area contributed by atoms with E-state index in [-0.39, 0.29) is 36.6 Å². The average Bonchev–Trinajstić information content (AvgIpc) is 2.64. The van der Waals surface area contributed by atoms with Crippen molar-refractivity contribution < 1.29 is 24.2 Å². The number of benzene rings is 2. The molecule has 2 N–H and O–H groups in total. The van der Waals surface area contributed by atoms with Crippen molar-refractivity contribution in [3.8, 4) is 5.75 Å². The number of ether oxygens (including phenoxy) is 1. The van der Waals surface area contributed by atoms with Gasteiger partial charge in [-0.3, -0.25) is 9.59 Å². The standard InChI is InChI=1S/C20H21NO5/c1-13-6-8-18(26-2)16(10-13)17(22)7-9-19(23)21-12-14-4-3-5-15(11-14)20(24)25/h3-6,8,10-11H,7,9,12H2,1-2H3,(H,21,23)(H,24,25). The quantitative estimate of drug-likeness (QED) is 0.710. The van der Waals surface area contributed by atoms with Crippen LogP contribution in [0.15, 0.2) is 42.5 Å². The number of carboxylic acids is 1. The molecule has 2 rings (SSSR count). The Bertz CT molecular complexity index is 829. The SMILES string of the molecule is COc1ccc(C)cc1C(=O)CCC(=O)NCc1cccc(C(=O)O)c1. The summed E-state index contributed by atoms with van der Waals surface area (Å²) < 4.78 is 5.19. The highest BCUT2D eigenvalue weighted by atomic mass is 16.5. The fraction of sp³-hybridized carbons (Fsp3) is 0.250. The molecule has 0 atom stereocenters. The van der Waals surface area contributed by atoms with Gasteiger partial charge in [-0.15, -0.1) is 0 Å². The number of aromatic carboxylic acids is 1. The van der Waals surface area contributed by atoms with E-state index in [0.29, 0.717) is 16.9 Å². The highest BCUT2D eigenvalue weighted by Crippen LogP contribution is 2.21. The second-order valence-electron chi connectivity index (χ2n) is 5.91. The van der Waals surface area contributed by atoms with Crippen LogP contribution in [0.5, 0.6) is 5.75 Å². The molecule has 26 heavy (non-hydrogen) atoms. The summed E-state index contributed by atoms with van der Waals surface area (Å²) in [4.78, 5) is 35.3. The van der Waals surface area contributed by atoms with E-state index in [1.807, 2.05) is 13.0 Å². The molecule has 1 amide bonds. The summed E-state index contributed by atoms with van der Waals surface area (Å²) >= 11 is 0. The van der Waals surface area contributed by atoms with Crippen LogP contribution in [-0.2, 0) is 11.3 Å². The number of aryl methyl sites for hydroxylation is 1. The molecule has 136 valence electrons. The first-order valence-electron chi connectivity index (χ1n) is 8.17. The first kappa shape index (κ1) is 19.2. The summed E-state index contributed by atoms with van der Waals surface area (Å²) in [6, 6.07) is 11.7. The van der Waals surface area contributed by atoms with Crippen molar-refractivity contribution in [1.29, 1.82) is 0 Å². The molecule has 0 bridgehead atoms. The van der Waals surface area contributed by atoms with Gasteiger partial charge in [-0.05, 0) is 36.8 Å². The van der Waals surface area contributed by atoms with Gasteiger partial charge in [0, 0.05) is 19.4 Å². The van der Waals surface area contributed by atoms with Gasteiger partial charge in [0.25, 0.3) is 0 Å². The third-order valence-corrected chi connectivity index (χ3v) is 3.90. The Kier molecular flexibility index (Phi) is 6.49. The summed E-state index contributed by atoms with van der Waals surface area (Å²) in [7, 11) is 1.50. The Balaban J connectivity index is 1.89. The Labute approximate surface area is 151 Å². The van der Waals surface area contributed by atoms with E-state index in [0.717, 1.165) is 5.56 Å². The van der Waals surface area contributed by atoms with E-state index in [4.69, 9.17) is 9.84 Å². The number of methoxy groups -OCH3 is 1. The second-order valence-corrected chi connectivity index (χ2v) is 5.91. The largest absolute Gasteiger partial charge is 0.496 e. The van der Waals surface area contributed by atoms with Gasteiger partial charge in [-0.1, -0.05) is 23.8 Å². The van der Waals surface area contributed by atoms with Gasteiger partial charge in [0.2, 0.25) is 5.91 Å². The molecule has 0 aliphatic rings. The summed E-state index contributed by atoms with van der Waals surface area (Å²) in [6.45, 7) is 2.09. The topological polar surface area (TPSA) is 92.7 Å². The molecule has 0 saturated heterocycles. The Morgan fingerprint density at radius 1 is 1.08 bits per heavy atom. The van der Waals surface area contributed by atoms with Crippen LogP contribution in [0.2, 0.25) is 0 Å². The van der Waals surface area contributed by atoms with Crippen LogP contribution in [0.25, 0.3) is 0 Å². The number of carbonyl (C=O) groups is 3. The van der Waals surface area contributed by atoms with Gasteiger partial charge in [0.1, 0.15) is 5.75 Å². The lowest BCUT2D eigenvalue weighted by Crippen LogP contribution is -2.23. The van der Waals surface area contributed by atoms with Crippen molar-refractivity contribution in [1.82, 2.24) is 5.32 Å². The number of amides is 1. The lowest BCUT2D eigenvalue weighted by atomic mass is 10.0. The fourth-order valence-corrected chi connectivity index (χ4v) is 2.50. The zero-order valence-electron chi connectivity index (χ0n) is 14.7. The smallest absolute Gasteiger partial charge is 0.335 e. The molecule has 6 heteroatoms. The molecular formula is C20H21NO5. The molecule has 2 aromatic carbocycles. The van der Waals surface area contributed by atoms with E-state index in [9.17, 15) is 14.4 Å². The number of Topliss-reactive ketones (excluding diaryl/α,β-unsaturated/α-hetero) is 1. The number of rotatable bonds is 8. The van der Waals surface area contributed by atoms with E-state index in [1.165, 1.54) is 19.2 Å². The lowest BCUT2D eigenvalue weighted by Gasteiger charge is -2.09. The molecule has 2 aromatic rings. The van der Waals surface area contributed by atoms with Gasteiger partial charge < -0.3 is 15.2 Å². The third-order valence-electron chi connectivity index (χ3n) is 3.90. The highest BCUT2D eigenvalue weighted by Gasteiger charge is 2.14. The van der Waals surface area contributed by atoms with E-state index in [1.54, 1.807) is 24.3 Å². The Hall–Kier alpha value is -3.15. The van der Waals surface area contributed by atoms with Gasteiger partial charge in [-0.25, -0.2) is 4.79 Å². The predicted octanol–water partition coefficient (Wildman–Crippen LogP) is 2.98. The third kappa shape index (κ3) is 5.17. The molecule has 0 spiro atoms. The van der Waals surface area contributed by atoms with Gasteiger partial charge in [0.15, 0.2) is 5.78 Å². The molecule has 0 aliphatic carbocycles. The Morgan fingerprint density at radius 3 is 2.54 bits per heavy atom. The monoisotopic (exact) mass is 355 g/mol. The zero-order chi connectivity index (χ0) is 19.1. The average molecular weight is 355 g/mol. The van der Waals surface area contributed by atoms with Crippen LogP contribution in [0, 0.1) is 6.92 Å². The summed E-state index contributed by atoms with van der Waals surface area (Å²) in [5, 5.41) is 11.7. The Morgan fingerprint density at radius 2 is 1.85 bits per heavy atom. The van der Waals surface area contributed by atoms with Crippen LogP contribution in [0.4, 0.5) is 0 Å². The van der Waals surface area contributed by atoms with Gasteiger partial charge >= 0.3 is 5.97 Å². The maximum atomic E-state index is 12.3. The first-order valence-corrected chi connectivity index (χ1v) is 8.17. The minimum absolute atomic E-state index is 0.0501. The van der Waals surface area contributed by atoms with E-state index >= 15 is 0 Å². The van der Waals surface area contributed by atoms with Crippen molar-refractivity contribution in [3.05, 3.63) is 64.7 Å². The van der Waals surface area contributed by atoms with E-state index in [2.05, 4.69) is 5.32 Å². The minimum atomic E-state index is -1.02. The fourth-order valence-electron chi connectivity index (χ4n) is 2.50. The molecular weight excluding hydrogens is 334 g/mol.